The van der Waals surface area contributed by atoms with Crippen molar-refractivity contribution in [2.45, 2.75) is 31.7 Å². The summed E-state index contributed by atoms with van der Waals surface area (Å²) in [5.41, 5.74) is 2.99. The van der Waals surface area contributed by atoms with Crippen molar-refractivity contribution in [2.75, 3.05) is 17.8 Å². The first-order valence-electron chi connectivity index (χ1n) is 10.3. The molecular formula is C24H24N2O5S2. The molecule has 0 aliphatic rings. The number of furan rings is 1. The third-order valence-electron chi connectivity index (χ3n) is 5.24. The Bertz CT molecular complexity index is 1370. The van der Waals surface area contributed by atoms with Crippen LogP contribution in [0.1, 0.15) is 23.3 Å². The molecule has 0 unspecified atom stereocenters. The van der Waals surface area contributed by atoms with Crippen LogP contribution in [0.25, 0.3) is 10.2 Å². The number of amides is 1. The first kappa shape index (κ1) is 23.0. The molecular weight excluding hydrogens is 460 g/mol. The van der Waals surface area contributed by atoms with Gasteiger partial charge in [0.2, 0.25) is 5.91 Å². The predicted octanol–water partition coefficient (Wildman–Crippen LogP) is 4.91. The monoisotopic (exact) mass is 484 g/mol. The molecule has 0 saturated heterocycles. The topological polar surface area (TPSA) is 89.7 Å². The van der Waals surface area contributed by atoms with E-state index in [1.807, 2.05) is 19.9 Å². The number of methoxy groups -OCH3 is 1. The molecule has 2 heterocycles. The fourth-order valence-corrected chi connectivity index (χ4v) is 5.82. The number of nitrogens with zero attached hydrogens (tertiary/aromatic N) is 2. The van der Waals surface area contributed by atoms with Crippen LogP contribution in [0.3, 0.4) is 0 Å². The lowest BCUT2D eigenvalue weighted by molar-refractivity contribution is -0.118. The maximum Gasteiger partial charge on any atom is 0.230 e. The van der Waals surface area contributed by atoms with Gasteiger partial charge in [0.05, 0.1) is 40.8 Å². The zero-order valence-corrected chi connectivity index (χ0v) is 20.2. The fourth-order valence-electron chi connectivity index (χ4n) is 3.56. The average Bonchev–Trinajstić information content (AvgIpc) is 3.46. The number of ether oxygens (including phenoxy) is 1. The number of anilines is 1. The predicted molar refractivity (Wildman–Crippen MR) is 129 cm³/mol. The van der Waals surface area contributed by atoms with Gasteiger partial charge >= 0.3 is 0 Å². The van der Waals surface area contributed by atoms with Crippen molar-refractivity contribution < 1.29 is 22.4 Å². The molecule has 0 N–H and O–H groups in total. The normalized spacial score (nSPS) is 11.6. The van der Waals surface area contributed by atoms with Crippen molar-refractivity contribution in [1.82, 2.24) is 4.98 Å². The largest absolute Gasteiger partial charge is 0.497 e. The van der Waals surface area contributed by atoms with E-state index in [-0.39, 0.29) is 29.5 Å². The number of carbonyl (C=O) groups is 1. The molecule has 0 saturated carbocycles. The molecule has 4 rings (SSSR count). The number of aryl methyl sites for hydroxylation is 2. The van der Waals surface area contributed by atoms with E-state index < -0.39 is 9.84 Å². The van der Waals surface area contributed by atoms with E-state index in [2.05, 4.69) is 11.1 Å². The number of sulfone groups is 1. The molecule has 7 nitrogen and oxygen atoms in total. The van der Waals surface area contributed by atoms with Gasteiger partial charge in [0.25, 0.3) is 0 Å². The highest BCUT2D eigenvalue weighted by Crippen LogP contribution is 2.33. The molecule has 2 aromatic heterocycles. The second-order valence-electron chi connectivity index (χ2n) is 7.73. The van der Waals surface area contributed by atoms with Gasteiger partial charge in [-0.2, -0.15) is 0 Å². The number of carbonyl (C=O) groups excluding carboxylic acids is 1. The number of benzene rings is 2. The van der Waals surface area contributed by atoms with E-state index in [1.54, 1.807) is 24.3 Å². The molecule has 0 radical (unpaired) electrons. The summed E-state index contributed by atoms with van der Waals surface area (Å²) < 4.78 is 37.1. The van der Waals surface area contributed by atoms with Crippen LogP contribution in [-0.2, 0) is 21.2 Å². The van der Waals surface area contributed by atoms with E-state index >= 15 is 0 Å². The van der Waals surface area contributed by atoms with Crippen LogP contribution in [0.15, 0.2) is 64.1 Å². The van der Waals surface area contributed by atoms with Gasteiger partial charge in [0, 0.05) is 6.42 Å². The Hall–Kier alpha value is -3.17. The van der Waals surface area contributed by atoms with Gasteiger partial charge in [-0.15, -0.1) is 0 Å². The standard InChI is InChI=1S/C24H24N2O5S2/c1-16-13-17(2)23-21(14-16)25-24(32-23)26(15-19-5-4-11-31-19)22(27)10-12-33(28,29)20-8-6-18(30-3)7-9-20/h4-9,11,13-14H,10,12,15H2,1-3H3. The number of aromatic nitrogens is 1. The number of thiazole rings is 1. The van der Waals surface area contributed by atoms with Crippen LogP contribution in [0.5, 0.6) is 5.75 Å². The van der Waals surface area contributed by atoms with Crippen molar-refractivity contribution in [3.05, 3.63) is 71.7 Å². The molecule has 1 amide bonds. The third-order valence-corrected chi connectivity index (χ3v) is 8.20. The summed E-state index contributed by atoms with van der Waals surface area (Å²) in [7, 11) is -2.12. The number of fused-ring (bicyclic) bond motifs is 1. The molecule has 0 atom stereocenters. The molecule has 0 aliphatic heterocycles. The van der Waals surface area contributed by atoms with Crippen LogP contribution >= 0.6 is 11.3 Å². The zero-order valence-electron chi connectivity index (χ0n) is 18.6. The van der Waals surface area contributed by atoms with Crippen LogP contribution in [0.4, 0.5) is 5.13 Å². The third kappa shape index (κ3) is 5.09. The lowest BCUT2D eigenvalue weighted by atomic mass is 10.1. The second-order valence-corrected chi connectivity index (χ2v) is 10.8. The molecule has 9 heteroatoms. The molecule has 0 aliphatic carbocycles. The van der Waals surface area contributed by atoms with Gasteiger partial charge in [-0.1, -0.05) is 17.4 Å². The Morgan fingerprint density at radius 3 is 2.58 bits per heavy atom. The summed E-state index contributed by atoms with van der Waals surface area (Å²) in [5.74, 6) is 0.511. The summed E-state index contributed by atoms with van der Waals surface area (Å²) >= 11 is 1.41. The van der Waals surface area contributed by atoms with Crippen LogP contribution in [-0.4, -0.2) is 32.2 Å². The SMILES string of the molecule is COc1ccc(S(=O)(=O)CCC(=O)N(Cc2ccco2)c2nc3cc(C)cc(C)c3s2)cc1. The van der Waals surface area contributed by atoms with E-state index in [1.165, 1.54) is 41.7 Å². The van der Waals surface area contributed by atoms with Crippen molar-refractivity contribution in [2.24, 2.45) is 0 Å². The smallest absolute Gasteiger partial charge is 0.230 e. The molecule has 0 spiro atoms. The molecule has 0 fully saturated rings. The van der Waals surface area contributed by atoms with Crippen LogP contribution in [0, 0.1) is 13.8 Å². The lowest BCUT2D eigenvalue weighted by Crippen LogP contribution is -2.31. The highest BCUT2D eigenvalue weighted by molar-refractivity contribution is 7.91. The molecule has 2 aromatic carbocycles. The Morgan fingerprint density at radius 2 is 1.91 bits per heavy atom. The molecule has 0 bridgehead atoms. The first-order valence-corrected chi connectivity index (χ1v) is 12.8. The minimum atomic E-state index is -3.64. The molecule has 172 valence electrons. The van der Waals surface area contributed by atoms with Gasteiger partial charge in [-0.05, 0) is 67.4 Å². The Balaban J connectivity index is 1.59. The van der Waals surface area contributed by atoms with E-state index in [4.69, 9.17) is 9.15 Å². The van der Waals surface area contributed by atoms with Gasteiger partial charge in [-0.3, -0.25) is 9.69 Å². The first-order chi connectivity index (χ1) is 15.8. The number of hydrogen-bond donors (Lipinski definition) is 0. The maximum atomic E-state index is 13.2. The molecule has 4 aromatic rings. The summed E-state index contributed by atoms with van der Waals surface area (Å²) in [6.07, 6.45) is 1.36. The number of rotatable bonds is 8. The zero-order chi connectivity index (χ0) is 23.6. The second kappa shape index (κ2) is 9.36. The average molecular weight is 485 g/mol. The Labute approximate surface area is 196 Å². The minimum Gasteiger partial charge on any atom is -0.497 e. The van der Waals surface area contributed by atoms with Crippen molar-refractivity contribution in [3.8, 4) is 5.75 Å². The highest BCUT2D eigenvalue weighted by atomic mass is 32.2. The lowest BCUT2D eigenvalue weighted by Gasteiger charge is -2.18. The van der Waals surface area contributed by atoms with Gasteiger partial charge in [0.15, 0.2) is 15.0 Å². The van der Waals surface area contributed by atoms with Crippen LogP contribution in [0.2, 0.25) is 0 Å². The van der Waals surface area contributed by atoms with Crippen molar-refractivity contribution in [1.29, 1.82) is 0 Å². The Morgan fingerprint density at radius 1 is 1.15 bits per heavy atom. The summed E-state index contributed by atoms with van der Waals surface area (Å²) in [6.45, 7) is 4.19. The van der Waals surface area contributed by atoms with Crippen molar-refractivity contribution >= 4 is 42.4 Å². The van der Waals surface area contributed by atoms with Gasteiger partial charge in [0.1, 0.15) is 11.5 Å². The van der Waals surface area contributed by atoms with Gasteiger partial charge < -0.3 is 9.15 Å². The molecule has 33 heavy (non-hydrogen) atoms. The van der Waals surface area contributed by atoms with Crippen molar-refractivity contribution in [3.63, 3.8) is 0 Å². The highest BCUT2D eigenvalue weighted by Gasteiger charge is 2.24. The minimum absolute atomic E-state index is 0.153. The summed E-state index contributed by atoms with van der Waals surface area (Å²) in [4.78, 5) is 19.6. The van der Waals surface area contributed by atoms with E-state index in [9.17, 15) is 13.2 Å². The Kier molecular flexibility index (Phi) is 6.53. The van der Waals surface area contributed by atoms with E-state index in [0.717, 1.165) is 21.3 Å². The number of hydrogen-bond acceptors (Lipinski definition) is 7. The summed E-state index contributed by atoms with van der Waals surface area (Å²) in [5, 5.41) is 0.516. The fraction of sp³-hybridized carbons (Fsp3) is 0.250. The summed E-state index contributed by atoms with van der Waals surface area (Å²) in [6, 6.07) is 13.7. The van der Waals surface area contributed by atoms with Crippen LogP contribution < -0.4 is 9.64 Å². The van der Waals surface area contributed by atoms with Gasteiger partial charge in [-0.25, -0.2) is 13.4 Å². The van der Waals surface area contributed by atoms with E-state index in [0.29, 0.717) is 16.6 Å². The quantitative estimate of drug-likeness (QED) is 0.353. The maximum absolute atomic E-state index is 13.2.